The highest BCUT2D eigenvalue weighted by molar-refractivity contribution is 4.49. The van der Waals surface area contributed by atoms with Crippen molar-refractivity contribution >= 4 is 0 Å². The summed E-state index contributed by atoms with van der Waals surface area (Å²) in [6.07, 6.45) is 3.42. The van der Waals surface area contributed by atoms with Gasteiger partial charge in [0.25, 0.3) is 0 Å². The van der Waals surface area contributed by atoms with Crippen LogP contribution in [0.1, 0.15) is 26.2 Å². The zero-order chi connectivity index (χ0) is 7.82. The van der Waals surface area contributed by atoms with E-state index >= 15 is 0 Å². The standard InChI is InChI=1S/C8H19NO/c1-3-4-6-9(2)7-5-8-10/h10H,3-8H2,1-2H3. The van der Waals surface area contributed by atoms with Crippen molar-refractivity contribution < 1.29 is 5.11 Å². The van der Waals surface area contributed by atoms with Crippen LogP contribution in [0.15, 0.2) is 0 Å². The highest BCUT2D eigenvalue weighted by Gasteiger charge is 1.94. The van der Waals surface area contributed by atoms with Gasteiger partial charge in [0.15, 0.2) is 0 Å². The van der Waals surface area contributed by atoms with Crippen molar-refractivity contribution in [1.82, 2.24) is 4.90 Å². The zero-order valence-electron chi connectivity index (χ0n) is 7.14. The topological polar surface area (TPSA) is 23.5 Å². The molecule has 0 rings (SSSR count). The Morgan fingerprint density at radius 3 is 2.30 bits per heavy atom. The first-order valence-electron chi connectivity index (χ1n) is 4.10. The minimum Gasteiger partial charge on any atom is -0.396 e. The van der Waals surface area contributed by atoms with Gasteiger partial charge in [-0.3, -0.25) is 0 Å². The molecule has 0 aliphatic carbocycles. The van der Waals surface area contributed by atoms with E-state index in [1.807, 2.05) is 0 Å². The minimum atomic E-state index is 0.316. The average Bonchev–Trinajstić information content (AvgIpc) is 1.97. The van der Waals surface area contributed by atoms with Crippen LogP contribution in [0.25, 0.3) is 0 Å². The molecule has 0 amide bonds. The number of unbranched alkanes of at least 4 members (excludes halogenated alkanes) is 1. The Kier molecular flexibility index (Phi) is 6.98. The summed E-state index contributed by atoms with van der Waals surface area (Å²) in [5.41, 5.74) is 0. The summed E-state index contributed by atoms with van der Waals surface area (Å²) in [5, 5.41) is 8.51. The largest absolute Gasteiger partial charge is 0.396 e. The molecule has 0 fully saturated rings. The molecule has 0 atom stereocenters. The van der Waals surface area contributed by atoms with Crippen LogP contribution in [-0.2, 0) is 0 Å². The second-order valence-electron chi connectivity index (χ2n) is 2.73. The maximum absolute atomic E-state index is 8.51. The maximum atomic E-state index is 8.51. The predicted molar refractivity (Wildman–Crippen MR) is 44.1 cm³/mol. The van der Waals surface area contributed by atoms with Crippen molar-refractivity contribution in [3.05, 3.63) is 0 Å². The fourth-order valence-corrected chi connectivity index (χ4v) is 0.880. The minimum absolute atomic E-state index is 0.316. The molecule has 1 N–H and O–H groups in total. The number of hydrogen-bond acceptors (Lipinski definition) is 2. The summed E-state index contributed by atoms with van der Waals surface area (Å²) in [6.45, 7) is 4.70. The molecule has 0 spiro atoms. The van der Waals surface area contributed by atoms with Gasteiger partial charge in [-0.15, -0.1) is 0 Å². The second kappa shape index (κ2) is 7.03. The Labute approximate surface area is 63.8 Å². The molecule has 0 bridgehead atoms. The maximum Gasteiger partial charge on any atom is 0.0443 e. The number of nitrogens with zero attached hydrogens (tertiary/aromatic N) is 1. The van der Waals surface area contributed by atoms with Crippen molar-refractivity contribution in [2.45, 2.75) is 26.2 Å². The zero-order valence-corrected chi connectivity index (χ0v) is 7.14. The number of hydrogen-bond donors (Lipinski definition) is 1. The molecule has 0 aromatic heterocycles. The Bertz CT molecular complexity index is 58.3. The fraction of sp³-hybridized carbons (Fsp3) is 1.00. The third-order valence-electron chi connectivity index (χ3n) is 1.59. The molecule has 0 unspecified atom stereocenters. The summed E-state index contributed by atoms with van der Waals surface area (Å²) in [5.74, 6) is 0. The summed E-state index contributed by atoms with van der Waals surface area (Å²) in [4.78, 5) is 2.26. The molecule has 0 aromatic carbocycles. The van der Waals surface area contributed by atoms with E-state index in [9.17, 15) is 0 Å². The Hall–Kier alpha value is -0.0800. The summed E-state index contributed by atoms with van der Waals surface area (Å²) in [6, 6.07) is 0. The first-order chi connectivity index (χ1) is 4.81. The Balaban J connectivity index is 3.00. The van der Waals surface area contributed by atoms with E-state index < -0.39 is 0 Å². The van der Waals surface area contributed by atoms with Crippen LogP contribution in [0, 0.1) is 0 Å². The quantitative estimate of drug-likeness (QED) is 0.605. The van der Waals surface area contributed by atoms with Gasteiger partial charge < -0.3 is 10.0 Å². The van der Waals surface area contributed by atoms with Crippen LogP contribution in [-0.4, -0.2) is 36.8 Å². The van der Waals surface area contributed by atoms with Crippen LogP contribution in [0.3, 0.4) is 0 Å². The molecule has 10 heavy (non-hydrogen) atoms. The molecule has 0 saturated heterocycles. The predicted octanol–water partition coefficient (Wildman–Crippen LogP) is 1.10. The van der Waals surface area contributed by atoms with E-state index in [2.05, 4.69) is 18.9 Å². The first-order valence-corrected chi connectivity index (χ1v) is 4.10. The van der Waals surface area contributed by atoms with Gasteiger partial charge in [-0.05, 0) is 26.4 Å². The average molecular weight is 145 g/mol. The lowest BCUT2D eigenvalue weighted by molar-refractivity contribution is 0.246. The summed E-state index contributed by atoms with van der Waals surface area (Å²) in [7, 11) is 2.10. The molecule has 62 valence electrons. The van der Waals surface area contributed by atoms with Gasteiger partial charge >= 0.3 is 0 Å². The molecule has 0 aliphatic rings. The first kappa shape index (κ1) is 9.92. The molecule has 0 aliphatic heterocycles. The molecule has 0 aromatic rings. The van der Waals surface area contributed by atoms with E-state index in [1.54, 1.807) is 0 Å². The fourth-order valence-electron chi connectivity index (χ4n) is 0.880. The van der Waals surface area contributed by atoms with Gasteiger partial charge in [0, 0.05) is 13.2 Å². The van der Waals surface area contributed by atoms with Crippen LogP contribution < -0.4 is 0 Å². The van der Waals surface area contributed by atoms with Crippen molar-refractivity contribution in [3.8, 4) is 0 Å². The van der Waals surface area contributed by atoms with Crippen LogP contribution in [0.5, 0.6) is 0 Å². The normalized spacial score (nSPS) is 10.8. The van der Waals surface area contributed by atoms with Crippen LogP contribution in [0.2, 0.25) is 0 Å². The van der Waals surface area contributed by atoms with E-state index in [0.29, 0.717) is 6.61 Å². The molecule has 0 radical (unpaired) electrons. The molecular weight excluding hydrogens is 126 g/mol. The SMILES string of the molecule is CCCCN(C)CCCO. The summed E-state index contributed by atoms with van der Waals surface area (Å²) < 4.78 is 0. The third-order valence-corrected chi connectivity index (χ3v) is 1.59. The lowest BCUT2D eigenvalue weighted by Crippen LogP contribution is -2.21. The van der Waals surface area contributed by atoms with Gasteiger partial charge in [-0.2, -0.15) is 0 Å². The van der Waals surface area contributed by atoms with Crippen molar-refractivity contribution in [1.29, 1.82) is 0 Å². The molecule has 2 heteroatoms. The Morgan fingerprint density at radius 1 is 1.20 bits per heavy atom. The van der Waals surface area contributed by atoms with Gasteiger partial charge in [-0.25, -0.2) is 0 Å². The van der Waals surface area contributed by atoms with Gasteiger partial charge in [0.2, 0.25) is 0 Å². The molecule has 0 heterocycles. The van der Waals surface area contributed by atoms with Gasteiger partial charge in [-0.1, -0.05) is 13.3 Å². The lowest BCUT2D eigenvalue weighted by atomic mass is 10.3. The molecular formula is C8H19NO. The van der Waals surface area contributed by atoms with Crippen molar-refractivity contribution in [2.24, 2.45) is 0 Å². The van der Waals surface area contributed by atoms with Crippen LogP contribution >= 0.6 is 0 Å². The van der Waals surface area contributed by atoms with Gasteiger partial charge in [0.05, 0.1) is 0 Å². The van der Waals surface area contributed by atoms with Crippen molar-refractivity contribution in [2.75, 3.05) is 26.7 Å². The highest BCUT2D eigenvalue weighted by atomic mass is 16.3. The number of aliphatic hydroxyl groups is 1. The number of aliphatic hydroxyl groups excluding tert-OH is 1. The monoisotopic (exact) mass is 145 g/mol. The second-order valence-corrected chi connectivity index (χ2v) is 2.73. The third kappa shape index (κ3) is 6.05. The smallest absolute Gasteiger partial charge is 0.0443 e. The van der Waals surface area contributed by atoms with E-state index in [1.165, 1.54) is 12.8 Å². The molecule has 0 saturated carbocycles. The van der Waals surface area contributed by atoms with Gasteiger partial charge in [0.1, 0.15) is 0 Å². The van der Waals surface area contributed by atoms with E-state index in [0.717, 1.165) is 19.5 Å². The van der Waals surface area contributed by atoms with E-state index in [-0.39, 0.29) is 0 Å². The van der Waals surface area contributed by atoms with E-state index in [4.69, 9.17) is 5.11 Å². The van der Waals surface area contributed by atoms with Crippen LogP contribution in [0.4, 0.5) is 0 Å². The lowest BCUT2D eigenvalue weighted by Gasteiger charge is -2.14. The Morgan fingerprint density at radius 2 is 1.80 bits per heavy atom. The molecule has 2 nitrogen and oxygen atoms in total. The van der Waals surface area contributed by atoms with Crippen molar-refractivity contribution in [3.63, 3.8) is 0 Å². The summed E-state index contributed by atoms with van der Waals surface area (Å²) >= 11 is 0. The highest BCUT2D eigenvalue weighted by Crippen LogP contribution is 1.92. The number of rotatable bonds is 6.